The van der Waals surface area contributed by atoms with E-state index in [2.05, 4.69) is 20.3 Å². The van der Waals surface area contributed by atoms with E-state index < -0.39 is 16.8 Å². The smallest absolute Gasteiger partial charge is 0.358 e. The van der Waals surface area contributed by atoms with Gasteiger partial charge in [0.15, 0.2) is 5.69 Å². The zero-order chi connectivity index (χ0) is 21.5. The van der Waals surface area contributed by atoms with E-state index in [1.165, 1.54) is 11.3 Å². The van der Waals surface area contributed by atoms with Crippen LogP contribution in [0.1, 0.15) is 29.5 Å². The SMILES string of the molecule is CC(=O)N1CC[C@H](Nc2nc(N3CC(OC(=O)c4cscn4)C3)nc3c2S(=O)CC3)C1. The van der Waals surface area contributed by atoms with Crippen molar-refractivity contribution in [1.82, 2.24) is 19.9 Å². The molecule has 10 nitrogen and oxygen atoms in total. The highest BCUT2D eigenvalue weighted by Gasteiger charge is 2.35. The summed E-state index contributed by atoms with van der Waals surface area (Å²) in [6.07, 6.45) is 1.22. The van der Waals surface area contributed by atoms with Crippen LogP contribution in [0.2, 0.25) is 0 Å². The van der Waals surface area contributed by atoms with Crippen LogP contribution in [0.15, 0.2) is 15.8 Å². The lowest BCUT2D eigenvalue weighted by Gasteiger charge is -2.38. The van der Waals surface area contributed by atoms with E-state index >= 15 is 0 Å². The fraction of sp³-hybridized carbons (Fsp3) is 0.526. The van der Waals surface area contributed by atoms with Crippen LogP contribution in [0.5, 0.6) is 0 Å². The van der Waals surface area contributed by atoms with Crippen molar-refractivity contribution in [2.75, 3.05) is 42.1 Å². The standard InChI is InChI=1S/C19H22N6O4S2/c1-11(26)24-4-2-12(6-24)21-17-16-14(3-5-31(16)28)22-19(23-17)25-7-13(8-25)29-18(27)15-9-30-10-20-15/h9-10,12-13H,2-8H2,1H3,(H,21,22,23)/t12-,31?/m0/s1. The van der Waals surface area contributed by atoms with Gasteiger partial charge in [0.25, 0.3) is 0 Å². The molecule has 0 aliphatic carbocycles. The Bertz CT molecular complexity index is 1040. The van der Waals surface area contributed by atoms with Crippen molar-refractivity contribution in [3.63, 3.8) is 0 Å². The first-order chi connectivity index (χ1) is 15.0. The Morgan fingerprint density at radius 3 is 2.84 bits per heavy atom. The van der Waals surface area contributed by atoms with Gasteiger partial charge in [-0.25, -0.2) is 14.8 Å². The molecular weight excluding hydrogens is 440 g/mol. The molecule has 2 fully saturated rings. The van der Waals surface area contributed by atoms with Crippen molar-refractivity contribution in [2.24, 2.45) is 0 Å². The van der Waals surface area contributed by atoms with Gasteiger partial charge < -0.3 is 19.9 Å². The summed E-state index contributed by atoms with van der Waals surface area (Å²) in [5.74, 6) is 1.31. The average Bonchev–Trinajstić information content (AvgIpc) is 3.45. The number of rotatable bonds is 5. The third kappa shape index (κ3) is 4.01. The lowest BCUT2D eigenvalue weighted by molar-refractivity contribution is -0.127. The van der Waals surface area contributed by atoms with Crippen LogP contribution in [0.3, 0.4) is 0 Å². The lowest BCUT2D eigenvalue weighted by Crippen LogP contribution is -2.53. The minimum atomic E-state index is -1.13. The number of thiazole rings is 1. The minimum absolute atomic E-state index is 0.0558. The maximum absolute atomic E-state index is 12.5. The van der Waals surface area contributed by atoms with Gasteiger partial charge in [-0.1, -0.05) is 0 Å². The molecule has 2 aromatic heterocycles. The molecule has 5 rings (SSSR count). The van der Waals surface area contributed by atoms with Crippen molar-refractivity contribution in [3.8, 4) is 0 Å². The van der Waals surface area contributed by atoms with E-state index in [0.717, 1.165) is 12.1 Å². The van der Waals surface area contributed by atoms with Crippen molar-refractivity contribution >= 4 is 45.8 Å². The minimum Gasteiger partial charge on any atom is -0.454 e. The number of esters is 1. The van der Waals surface area contributed by atoms with Crippen LogP contribution in [-0.2, 0) is 26.8 Å². The van der Waals surface area contributed by atoms with E-state index in [9.17, 15) is 13.8 Å². The molecule has 2 aromatic rings. The van der Waals surface area contributed by atoms with Crippen LogP contribution in [0.4, 0.5) is 11.8 Å². The summed E-state index contributed by atoms with van der Waals surface area (Å²) in [5, 5.41) is 5.07. The van der Waals surface area contributed by atoms with Crippen molar-refractivity contribution in [3.05, 3.63) is 22.3 Å². The summed E-state index contributed by atoms with van der Waals surface area (Å²) in [6, 6.07) is 0.0663. The molecule has 5 heterocycles. The number of hydrogen-bond acceptors (Lipinski definition) is 10. The number of carbonyl (C=O) groups excluding carboxylic acids is 2. The molecule has 3 aliphatic rings. The lowest BCUT2D eigenvalue weighted by atomic mass is 10.2. The Hall–Kier alpha value is -2.60. The van der Waals surface area contributed by atoms with Crippen LogP contribution < -0.4 is 10.2 Å². The Morgan fingerprint density at radius 2 is 2.13 bits per heavy atom. The highest BCUT2D eigenvalue weighted by molar-refractivity contribution is 7.85. The van der Waals surface area contributed by atoms with Crippen LogP contribution >= 0.6 is 11.3 Å². The van der Waals surface area contributed by atoms with Gasteiger partial charge in [0.1, 0.15) is 16.8 Å². The summed E-state index contributed by atoms with van der Waals surface area (Å²) >= 11 is 1.35. The van der Waals surface area contributed by atoms with E-state index in [-0.39, 0.29) is 18.1 Å². The highest BCUT2D eigenvalue weighted by atomic mass is 32.2. The third-order valence-electron chi connectivity index (χ3n) is 5.70. The quantitative estimate of drug-likeness (QED) is 0.640. The topological polar surface area (TPSA) is 118 Å². The number of nitrogens with zero attached hydrogens (tertiary/aromatic N) is 5. The molecule has 0 radical (unpaired) electrons. The number of fused-ring (bicyclic) bond motifs is 1. The Morgan fingerprint density at radius 1 is 1.29 bits per heavy atom. The molecule has 2 atom stereocenters. The molecule has 0 bridgehead atoms. The van der Waals surface area contributed by atoms with Crippen molar-refractivity contribution in [2.45, 2.75) is 36.8 Å². The van der Waals surface area contributed by atoms with Gasteiger partial charge in [0, 0.05) is 43.6 Å². The molecule has 1 unspecified atom stereocenters. The first-order valence-electron chi connectivity index (χ1n) is 10.1. The molecule has 1 amide bonds. The number of carbonyl (C=O) groups is 2. The first-order valence-corrected chi connectivity index (χ1v) is 12.4. The number of amides is 1. The summed E-state index contributed by atoms with van der Waals surface area (Å²) < 4.78 is 18.0. The fourth-order valence-corrected chi connectivity index (χ4v) is 5.82. The van der Waals surface area contributed by atoms with Gasteiger partial charge in [0.05, 0.1) is 35.1 Å². The van der Waals surface area contributed by atoms with E-state index in [1.807, 2.05) is 4.90 Å². The number of anilines is 2. The number of hydrogen-bond donors (Lipinski definition) is 1. The maximum atomic E-state index is 12.5. The molecule has 0 aromatic carbocycles. The molecule has 0 saturated carbocycles. The van der Waals surface area contributed by atoms with Crippen molar-refractivity contribution < 1.29 is 18.5 Å². The second-order valence-corrected chi connectivity index (χ2v) is 10.1. The van der Waals surface area contributed by atoms with E-state index in [1.54, 1.807) is 22.7 Å². The van der Waals surface area contributed by atoms with E-state index in [4.69, 9.17) is 4.74 Å². The largest absolute Gasteiger partial charge is 0.454 e. The number of aromatic nitrogens is 3. The van der Waals surface area contributed by atoms with Gasteiger partial charge in [-0.15, -0.1) is 11.3 Å². The Labute approximate surface area is 185 Å². The normalized spacial score (nSPS) is 22.9. The average molecular weight is 463 g/mol. The van der Waals surface area contributed by atoms with Crippen LogP contribution in [-0.4, -0.2) is 80.0 Å². The number of nitrogens with one attached hydrogen (secondary N) is 1. The molecule has 164 valence electrons. The van der Waals surface area contributed by atoms with Crippen molar-refractivity contribution in [1.29, 1.82) is 0 Å². The number of ether oxygens (including phenoxy) is 1. The van der Waals surface area contributed by atoms with Gasteiger partial charge in [-0.3, -0.25) is 9.00 Å². The molecule has 12 heteroatoms. The molecular formula is C19H22N6O4S2. The fourth-order valence-electron chi connectivity index (χ4n) is 3.98. The zero-order valence-electron chi connectivity index (χ0n) is 16.9. The summed E-state index contributed by atoms with van der Waals surface area (Å²) in [7, 11) is -1.13. The zero-order valence-corrected chi connectivity index (χ0v) is 18.6. The second-order valence-electron chi connectivity index (χ2n) is 7.85. The molecule has 2 saturated heterocycles. The van der Waals surface area contributed by atoms with Crippen LogP contribution in [0.25, 0.3) is 0 Å². The second kappa shape index (κ2) is 8.15. The number of aryl methyl sites for hydroxylation is 1. The Balaban J connectivity index is 1.28. The maximum Gasteiger partial charge on any atom is 0.358 e. The predicted octanol–water partition coefficient (Wildman–Crippen LogP) is 0.675. The van der Waals surface area contributed by atoms with Gasteiger partial charge in [-0.05, 0) is 6.42 Å². The molecule has 1 N–H and O–H groups in total. The summed E-state index contributed by atoms with van der Waals surface area (Å²) in [5.41, 5.74) is 2.72. The first kappa shape index (κ1) is 20.3. The third-order valence-corrected chi connectivity index (χ3v) is 7.74. The Kier molecular flexibility index (Phi) is 5.34. The summed E-state index contributed by atoms with van der Waals surface area (Å²) in [4.78, 5) is 41.4. The van der Waals surface area contributed by atoms with E-state index in [0.29, 0.717) is 60.7 Å². The monoisotopic (exact) mass is 462 g/mol. The van der Waals surface area contributed by atoms with Crippen LogP contribution in [0, 0.1) is 0 Å². The summed E-state index contributed by atoms with van der Waals surface area (Å²) in [6.45, 7) is 3.87. The molecule has 31 heavy (non-hydrogen) atoms. The van der Waals surface area contributed by atoms with Gasteiger partial charge in [-0.2, -0.15) is 4.98 Å². The predicted molar refractivity (Wildman–Crippen MR) is 115 cm³/mol. The van der Waals surface area contributed by atoms with Gasteiger partial charge >= 0.3 is 5.97 Å². The molecule has 3 aliphatic heterocycles. The highest BCUT2D eigenvalue weighted by Crippen LogP contribution is 2.32. The number of likely N-dealkylation sites (tertiary alicyclic amines) is 1. The molecule has 0 spiro atoms. The van der Waals surface area contributed by atoms with Gasteiger partial charge in [0.2, 0.25) is 11.9 Å².